The second-order valence-corrected chi connectivity index (χ2v) is 6.92. The third kappa shape index (κ3) is 4.55. The average Bonchev–Trinajstić information content (AvgIpc) is 2.53. The first-order valence-corrected chi connectivity index (χ1v) is 8.26. The first-order valence-electron chi connectivity index (χ1n) is 8.26. The molecule has 1 aromatic carbocycles. The summed E-state index contributed by atoms with van der Waals surface area (Å²) < 4.78 is 5.46. The molecule has 1 saturated heterocycles. The molecule has 2 atom stereocenters. The summed E-state index contributed by atoms with van der Waals surface area (Å²) in [6.07, 6.45) is -0.107. The Bertz CT molecular complexity index is 566. The van der Waals surface area contributed by atoms with Crippen LogP contribution in [0, 0.1) is 0 Å². The number of piperazine rings is 1. The number of aliphatic hydroxyl groups excluding tert-OH is 1. The van der Waals surface area contributed by atoms with Crippen LogP contribution < -0.4 is 5.32 Å². The van der Waals surface area contributed by atoms with Crippen molar-refractivity contribution in [1.82, 2.24) is 10.2 Å². The zero-order valence-electron chi connectivity index (χ0n) is 14.5. The SMILES string of the molecule is CC(C)(C)OC(=O)N1CCNC(CCO)C1C(=O)c1ccccc1. The van der Waals surface area contributed by atoms with Gasteiger partial charge in [0.05, 0.1) is 0 Å². The number of ether oxygens (including phenoxy) is 1. The highest BCUT2D eigenvalue weighted by atomic mass is 16.6. The number of hydrogen-bond acceptors (Lipinski definition) is 5. The summed E-state index contributed by atoms with van der Waals surface area (Å²) in [5, 5.41) is 12.6. The van der Waals surface area contributed by atoms with Gasteiger partial charge in [0.2, 0.25) is 0 Å². The number of amides is 1. The molecule has 0 saturated carbocycles. The highest BCUT2D eigenvalue weighted by Crippen LogP contribution is 2.21. The predicted octanol–water partition coefficient (Wildman–Crippen LogP) is 1.83. The van der Waals surface area contributed by atoms with E-state index in [9.17, 15) is 14.7 Å². The van der Waals surface area contributed by atoms with E-state index in [-0.39, 0.29) is 18.4 Å². The Morgan fingerprint density at radius 2 is 1.96 bits per heavy atom. The number of ketones is 1. The number of nitrogens with one attached hydrogen (secondary N) is 1. The first kappa shape index (κ1) is 18.4. The van der Waals surface area contributed by atoms with Crippen LogP contribution in [-0.2, 0) is 4.74 Å². The van der Waals surface area contributed by atoms with Crippen molar-refractivity contribution in [1.29, 1.82) is 0 Å². The van der Waals surface area contributed by atoms with Crippen LogP contribution >= 0.6 is 0 Å². The van der Waals surface area contributed by atoms with Gasteiger partial charge in [-0.05, 0) is 27.2 Å². The lowest BCUT2D eigenvalue weighted by molar-refractivity contribution is 0.00529. The van der Waals surface area contributed by atoms with Gasteiger partial charge in [-0.15, -0.1) is 0 Å². The van der Waals surface area contributed by atoms with Crippen LogP contribution in [0.4, 0.5) is 4.79 Å². The first-order chi connectivity index (χ1) is 11.3. The summed E-state index contributed by atoms with van der Waals surface area (Å²) in [6, 6.07) is 7.91. The van der Waals surface area contributed by atoms with Crippen molar-refractivity contribution in [3.63, 3.8) is 0 Å². The van der Waals surface area contributed by atoms with Crippen LogP contribution in [0.1, 0.15) is 37.6 Å². The third-order valence-corrected chi connectivity index (χ3v) is 3.87. The van der Waals surface area contributed by atoms with Crippen molar-refractivity contribution >= 4 is 11.9 Å². The quantitative estimate of drug-likeness (QED) is 0.821. The van der Waals surface area contributed by atoms with Crippen molar-refractivity contribution in [2.45, 2.75) is 44.9 Å². The number of carbonyl (C=O) groups is 2. The molecule has 0 bridgehead atoms. The normalized spacial score (nSPS) is 21.4. The minimum Gasteiger partial charge on any atom is -0.444 e. The van der Waals surface area contributed by atoms with E-state index in [0.29, 0.717) is 25.1 Å². The summed E-state index contributed by atoms with van der Waals surface area (Å²) in [6.45, 7) is 6.28. The van der Waals surface area contributed by atoms with Crippen LogP contribution in [-0.4, -0.2) is 59.3 Å². The molecule has 6 heteroatoms. The predicted molar refractivity (Wildman–Crippen MR) is 91.0 cm³/mol. The van der Waals surface area contributed by atoms with Gasteiger partial charge >= 0.3 is 6.09 Å². The summed E-state index contributed by atoms with van der Waals surface area (Å²) in [7, 11) is 0. The molecule has 1 amide bonds. The van der Waals surface area contributed by atoms with E-state index < -0.39 is 17.7 Å². The van der Waals surface area contributed by atoms with E-state index in [1.165, 1.54) is 4.90 Å². The number of Topliss-reactive ketones (excluding diaryl/α,β-unsaturated/α-hetero) is 1. The van der Waals surface area contributed by atoms with E-state index in [2.05, 4.69) is 5.32 Å². The summed E-state index contributed by atoms with van der Waals surface area (Å²) in [4.78, 5) is 27.0. The van der Waals surface area contributed by atoms with Crippen LogP contribution in [0.25, 0.3) is 0 Å². The monoisotopic (exact) mass is 334 g/mol. The van der Waals surface area contributed by atoms with Gasteiger partial charge in [-0.25, -0.2) is 4.79 Å². The minimum atomic E-state index is -0.692. The summed E-state index contributed by atoms with van der Waals surface area (Å²) >= 11 is 0. The van der Waals surface area contributed by atoms with Gasteiger partial charge in [0.15, 0.2) is 5.78 Å². The minimum absolute atomic E-state index is 0.0571. The molecular weight excluding hydrogens is 308 g/mol. The van der Waals surface area contributed by atoms with Crippen molar-refractivity contribution in [2.75, 3.05) is 19.7 Å². The van der Waals surface area contributed by atoms with Crippen LogP contribution in [0.15, 0.2) is 30.3 Å². The Balaban J connectivity index is 2.29. The standard InChI is InChI=1S/C18H26N2O4/c1-18(2,3)24-17(23)20-11-10-19-14(9-12-21)15(20)16(22)13-7-5-4-6-8-13/h4-8,14-15,19,21H,9-12H2,1-3H3. The lowest BCUT2D eigenvalue weighted by atomic mass is 9.93. The van der Waals surface area contributed by atoms with E-state index >= 15 is 0 Å². The molecule has 1 aromatic rings. The fraction of sp³-hybridized carbons (Fsp3) is 0.556. The highest BCUT2D eigenvalue weighted by Gasteiger charge is 2.40. The van der Waals surface area contributed by atoms with Crippen molar-refractivity contribution in [3.05, 3.63) is 35.9 Å². The van der Waals surface area contributed by atoms with Gasteiger partial charge in [0.25, 0.3) is 0 Å². The highest BCUT2D eigenvalue weighted by molar-refractivity contribution is 6.02. The molecule has 2 N–H and O–H groups in total. The molecule has 0 aliphatic carbocycles. The zero-order chi connectivity index (χ0) is 17.7. The fourth-order valence-corrected chi connectivity index (χ4v) is 2.86. The summed E-state index contributed by atoms with van der Waals surface area (Å²) in [5.41, 5.74) is -0.0860. The molecule has 0 aromatic heterocycles. The maximum Gasteiger partial charge on any atom is 0.411 e. The molecule has 132 valence electrons. The third-order valence-electron chi connectivity index (χ3n) is 3.87. The van der Waals surface area contributed by atoms with Gasteiger partial charge < -0.3 is 15.2 Å². The Morgan fingerprint density at radius 3 is 2.54 bits per heavy atom. The van der Waals surface area contributed by atoms with Gasteiger partial charge in [-0.3, -0.25) is 9.69 Å². The molecule has 2 rings (SSSR count). The van der Waals surface area contributed by atoms with Crippen LogP contribution in [0.5, 0.6) is 0 Å². The molecule has 1 fully saturated rings. The van der Waals surface area contributed by atoms with Crippen molar-refractivity contribution < 1.29 is 19.4 Å². The second-order valence-electron chi connectivity index (χ2n) is 6.92. The van der Waals surface area contributed by atoms with Gasteiger partial charge in [-0.2, -0.15) is 0 Å². The Morgan fingerprint density at radius 1 is 1.29 bits per heavy atom. The van der Waals surface area contributed by atoms with Crippen molar-refractivity contribution in [2.24, 2.45) is 0 Å². The van der Waals surface area contributed by atoms with Crippen LogP contribution in [0.3, 0.4) is 0 Å². The van der Waals surface area contributed by atoms with Gasteiger partial charge in [0, 0.05) is 31.3 Å². The fourth-order valence-electron chi connectivity index (χ4n) is 2.86. The number of hydrogen-bond donors (Lipinski definition) is 2. The average molecular weight is 334 g/mol. The smallest absolute Gasteiger partial charge is 0.411 e. The summed E-state index contributed by atoms with van der Waals surface area (Å²) in [5.74, 6) is -0.146. The van der Waals surface area contributed by atoms with Crippen LogP contribution in [0.2, 0.25) is 0 Å². The molecule has 0 spiro atoms. The Hall–Kier alpha value is -1.92. The molecule has 1 aliphatic rings. The second kappa shape index (κ2) is 7.77. The number of carbonyl (C=O) groups excluding carboxylic acids is 2. The largest absolute Gasteiger partial charge is 0.444 e. The molecule has 6 nitrogen and oxygen atoms in total. The van der Waals surface area contributed by atoms with Gasteiger partial charge in [-0.1, -0.05) is 30.3 Å². The van der Waals surface area contributed by atoms with E-state index in [0.717, 1.165) is 0 Å². The number of aliphatic hydroxyl groups is 1. The maximum atomic E-state index is 13.0. The number of nitrogens with zero attached hydrogens (tertiary/aromatic N) is 1. The van der Waals surface area contributed by atoms with Gasteiger partial charge in [0.1, 0.15) is 11.6 Å². The molecule has 0 radical (unpaired) electrons. The maximum absolute atomic E-state index is 13.0. The Kier molecular flexibility index (Phi) is 5.96. The zero-order valence-corrected chi connectivity index (χ0v) is 14.5. The molecule has 1 heterocycles. The van der Waals surface area contributed by atoms with E-state index in [1.54, 1.807) is 45.0 Å². The molecule has 24 heavy (non-hydrogen) atoms. The molecule has 1 aliphatic heterocycles. The number of rotatable bonds is 4. The number of benzene rings is 1. The molecule has 2 unspecified atom stereocenters. The molecular formula is C18H26N2O4. The van der Waals surface area contributed by atoms with E-state index in [4.69, 9.17) is 4.74 Å². The lowest BCUT2D eigenvalue weighted by Gasteiger charge is -2.41. The Labute approximate surface area is 142 Å². The lowest BCUT2D eigenvalue weighted by Crippen LogP contribution is -2.63. The van der Waals surface area contributed by atoms with Crippen molar-refractivity contribution in [3.8, 4) is 0 Å². The van der Waals surface area contributed by atoms with E-state index in [1.807, 2.05) is 6.07 Å². The topological polar surface area (TPSA) is 78.9 Å².